The maximum absolute atomic E-state index is 12.5. The molecule has 3 rings (SSSR count). The van der Waals surface area contributed by atoms with Crippen LogP contribution in [0.15, 0.2) is 42.5 Å². The third-order valence-corrected chi connectivity index (χ3v) is 4.61. The number of carbonyl (C=O) groups is 2. The Labute approximate surface area is 174 Å². The van der Waals surface area contributed by atoms with Crippen molar-refractivity contribution < 1.29 is 23.8 Å². The Bertz CT molecular complexity index is 1030. The van der Waals surface area contributed by atoms with E-state index in [1.165, 1.54) is 4.68 Å². The van der Waals surface area contributed by atoms with Gasteiger partial charge in [0.25, 0.3) is 5.91 Å². The molecule has 9 nitrogen and oxygen atoms in total. The maximum atomic E-state index is 12.5. The number of fused-ring (bicyclic) bond motifs is 1. The molecule has 0 aliphatic carbocycles. The van der Waals surface area contributed by atoms with Crippen LogP contribution in [0, 0.1) is 0 Å². The topological polar surface area (TPSA) is 95.8 Å². The summed E-state index contributed by atoms with van der Waals surface area (Å²) < 4.78 is 17.1. The molecular weight excluding hydrogens is 388 g/mol. The third-order valence-electron chi connectivity index (χ3n) is 4.61. The maximum Gasteiger partial charge on any atom is 0.328 e. The van der Waals surface area contributed by atoms with Crippen LogP contribution in [0.5, 0.6) is 11.5 Å². The highest BCUT2D eigenvalue weighted by molar-refractivity contribution is 5.81. The molecule has 0 unspecified atom stereocenters. The van der Waals surface area contributed by atoms with Crippen molar-refractivity contribution in [3.63, 3.8) is 0 Å². The van der Waals surface area contributed by atoms with Gasteiger partial charge in [-0.3, -0.25) is 9.59 Å². The van der Waals surface area contributed by atoms with E-state index in [2.05, 4.69) is 10.3 Å². The standard InChI is InChI=1S/C21H24N4O5/c1-4-24(12-15-9-10-18(28-2)19(11-15)29-3)20(26)14-30-21(27)13-25-17-8-6-5-7-16(17)22-23-25/h5-11H,4,12-14H2,1-3H3. The number of nitrogens with zero attached hydrogens (tertiary/aromatic N) is 4. The number of amides is 1. The Morgan fingerprint density at radius 2 is 1.83 bits per heavy atom. The number of para-hydroxylation sites is 1. The highest BCUT2D eigenvalue weighted by Gasteiger charge is 2.17. The molecule has 0 fully saturated rings. The van der Waals surface area contributed by atoms with Crippen LogP contribution in [0.3, 0.4) is 0 Å². The van der Waals surface area contributed by atoms with Crippen LogP contribution in [0.25, 0.3) is 11.0 Å². The fourth-order valence-corrected chi connectivity index (χ4v) is 3.01. The molecule has 0 aliphatic rings. The first kappa shape index (κ1) is 21.1. The van der Waals surface area contributed by atoms with Gasteiger partial charge in [0.2, 0.25) is 0 Å². The van der Waals surface area contributed by atoms with Gasteiger partial charge in [0.05, 0.1) is 19.7 Å². The van der Waals surface area contributed by atoms with Gasteiger partial charge in [-0.1, -0.05) is 23.4 Å². The molecule has 0 atom stereocenters. The highest BCUT2D eigenvalue weighted by Crippen LogP contribution is 2.28. The lowest BCUT2D eigenvalue weighted by Gasteiger charge is -2.21. The minimum absolute atomic E-state index is 0.115. The van der Waals surface area contributed by atoms with E-state index >= 15 is 0 Å². The van der Waals surface area contributed by atoms with Gasteiger partial charge in [0.15, 0.2) is 18.1 Å². The van der Waals surface area contributed by atoms with Crippen LogP contribution >= 0.6 is 0 Å². The number of rotatable bonds is 9. The second-order valence-corrected chi connectivity index (χ2v) is 6.49. The molecular formula is C21H24N4O5. The third kappa shape index (κ3) is 4.86. The van der Waals surface area contributed by atoms with Crippen LogP contribution in [0.1, 0.15) is 12.5 Å². The Kier molecular flexibility index (Phi) is 6.84. The van der Waals surface area contributed by atoms with E-state index in [-0.39, 0.29) is 19.1 Å². The second kappa shape index (κ2) is 9.73. The molecule has 0 saturated heterocycles. The van der Waals surface area contributed by atoms with Gasteiger partial charge in [-0.25, -0.2) is 4.68 Å². The number of carbonyl (C=O) groups excluding carboxylic acids is 2. The van der Waals surface area contributed by atoms with E-state index in [9.17, 15) is 9.59 Å². The fourth-order valence-electron chi connectivity index (χ4n) is 3.01. The van der Waals surface area contributed by atoms with Crippen molar-refractivity contribution in [2.45, 2.75) is 20.0 Å². The molecule has 30 heavy (non-hydrogen) atoms. The van der Waals surface area contributed by atoms with E-state index < -0.39 is 5.97 Å². The van der Waals surface area contributed by atoms with Crippen LogP contribution in [0.4, 0.5) is 0 Å². The van der Waals surface area contributed by atoms with E-state index in [0.717, 1.165) is 11.1 Å². The highest BCUT2D eigenvalue weighted by atomic mass is 16.5. The molecule has 1 heterocycles. The van der Waals surface area contributed by atoms with Crippen LogP contribution in [-0.2, 0) is 27.4 Å². The summed E-state index contributed by atoms with van der Waals surface area (Å²) in [6.45, 7) is 2.24. The van der Waals surface area contributed by atoms with Crippen LogP contribution in [-0.4, -0.2) is 59.1 Å². The molecule has 1 amide bonds. The number of ether oxygens (including phenoxy) is 3. The zero-order valence-corrected chi connectivity index (χ0v) is 17.2. The second-order valence-electron chi connectivity index (χ2n) is 6.49. The number of methoxy groups -OCH3 is 2. The first-order valence-electron chi connectivity index (χ1n) is 9.48. The molecule has 0 saturated carbocycles. The van der Waals surface area contributed by atoms with Crippen molar-refractivity contribution in [2.24, 2.45) is 0 Å². The van der Waals surface area contributed by atoms with Gasteiger partial charge < -0.3 is 19.1 Å². The minimum Gasteiger partial charge on any atom is -0.493 e. The first-order chi connectivity index (χ1) is 14.5. The van der Waals surface area contributed by atoms with Gasteiger partial charge in [0.1, 0.15) is 12.1 Å². The molecule has 0 N–H and O–H groups in total. The summed E-state index contributed by atoms with van der Waals surface area (Å²) >= 11 is 0. The van der Waals surface area contributed by atoms with E-state index in [1.807, 2.05) is 37.3 Å². The molecule has 0 bridgehead atoms. The summed E-state index contributed by atoms with van der Waals surface area (Å²) in [5.41, 5.74) is 2.29. The Morgan fingerprint density at radius 1 is 1.07 bits per heavy atom. The quantitative estimate of drug-likeness (QED) is 0.496. The lowest BCUT2D eigenvalue weighted by molar-refractivity contribution is -0.152. The SMILES string of the molecule is CCN(Cc1ccc(OC)c(OC)c1)C(=O)COC(=O)Cn1nnc2ccccc21. The lowest BCUT2D eigenvalue weighted by atomic mass is 10.2. The zero-order chi connectivity index (χ0) is 21.5. The predicted molar refractivity (Wildman–Crippen MR) is 109 cm³/mol. The Balaban J connectivity index is 1.56. The fraction of sp³-hybridized carbons (Fsp3) is 0.333. The van der Waals surface area contributed by atoms with E-state index in [0.29, 0.717) is 30.1 Å². The molecule has 2 aromatic carbocycles. The molecule has 1 aromatic heterocycles. The summed E-state index contributed by atoms with van der Waals surface area (Å²) in [4.78, 5) is 26.3. The molecule has 0 aliphatic heterocycles. The van der Waals surface area contributed by atoms with Crippen LogP contribution < -0.4 is 9.47 Å². The van der Waals surface area contributed by atoms with Crippen molar-refractivity contribution in [2.75, 3.05) is 27.4 Å². The summed E-state index contributed by atoms with van der Waals surface area (Å²) in [5.74, 6) is 0.362. The number of esters is 1. The number of benzene rings is 2. The normalized spacial score (nSPS) is 10.6. The Hall–Kier alpha value is -3.62. The summed E-state index contributed by atoms with van der Waals surface area (Å²) in [6.07, 6.45) is 0. The lowest BCUT2D eigenvalue weighted by Crippen LogP contribution is -2.34. The average Bonchev–Trinajstić information content (AvgIpc) is 3.18. The molecule has 0 spiro atoms. The Morgan fingerprint density at radius 3 is 2.57 bits per heavy atom. The largest absolute Gasteiger partial charge is 0.493 e. The molecule has 158 valence electrons. The number of hydrogen-bond acceptors (Lipinski definition) is 7. The summed E-state index contributed by atoms with van der Waals surface area (Å²) in [5, 5.41) is 7.94. The summed E-state index contributed by atoms with van der Waals surface area (Å²) in [6, 6.07) is 12.8. The minimum atomic E-state index is -0.554. The van der Waals surface area contributed by atoms with Gasteiger partial charge in [-0.15, -0.1) is 5.10 Å². The van der Waals surface area contributed by atoms with E-state index in [4.69, 9.17) is 14.2 Å². The van der Waals surface area contributed by atoms with Crippen molar-refractivity contribution >= 4 is 22.9 Å². The number of hydrogen-bond donors (Lipinski definition) is 0. The first-order valence-corrected chi connectivity index (χ1v) is 9.48. The molecule has 3 aromatic rings. The van der Waals surface area contributed by atoms with Crippen LogP contribution in [0.2, 0.25) is 0 Å². The summed E-state index contributed by atoms with van der Waals surface area (Å²) in [7, 11) is 3.12. The van der Waals surface area contributed by atoms with Gasteiger partial charge >= 0.3 is 5.97 Å². The average molecular weight is 412 g/mol. The van der Waals surface area contributed by atoms with Crippen molar-refractivity contribution in [1.82, 2.24) is 19.9 Å². The van der Waals surface area contributed by atoms with Gasteiger partial charge in [-0.05, 0) is 36.8 Å². The number of likely N-dealkylation sites (N-methyl/N-ethyl adjacent to an activating group) is 1. The monoisotopic (exact) mass is 412 g/mol. The van der Waals surface area contributed by atoms with Crippen molar-refractivity contribution in [3.05, 3.63) is 48.0 Å². The zero-order valence-electron chi connectivity index (χ0n) is 17.2. The predicted octanol–water partition coefficient (Wildman–Crippen LogP) is 2.04. The van der Waals surface area contributed by atoms with Crippen molar-refractivity contribution in [1.29, 1.82) is 0 Å². The van der Waals surface area contributed by atoms with Gasteiger partial charge in [0, 0.05) is 13.1 Å². The smallest absolute Gasteiger partial charge is 0.328 e. The van der Waals surface area contributed by atoms with E-state index in [1.54, 1.807) is 31.3 Å². The molecule has 9 heteroatoms. The molecule has 0 radical (unpaired) electrons. The van der Waals surface area contributed by atoms with Gasteiger partial charge in [-0.2, -0.15) is 0 Å². The van der Waals surface area contributed by atoms with Crippen molar-refractivity contribution in [3.8, 4) is 11.5 Å². The number of aromatic nitrogens is 3.